The van der Waals surface area contributed by atoms with E-state index >= 15 is 0 Å². The number of nitrogens with one attached hydrogen (secondary N) is 1. The molecule has 0 aromatic rings. The first-order valence-electron chi connectivity index (χ1n) is 9.34. The van der Waals surface area contributed by atoms with Gasteiger partial charge in [-0.1, -0.05) is 6.42 Å². The Morgan fingerprint density at radius 3 is 2.62 bits per heavy atom. The Morgan fingerprint density at radius 1 is 1.25 bits per heavy atom. The van der Waals surface area contributed by atoms with E-state index in [1.807, 2.05) is 0 Å². The molecule has 0 unspecified atom stereocenters. The average Bonchev–Trinajstić information content (AvgIpc) is 3.13. The molecule has 2 aliphatic carbocycles. The molecule has 2 saturated carbocycles. The van der Waals surface area contributed by atoms with E-state index in [2.05, 4.69) is 5.32 Å². The van der Waals surface area contributed by atoms with E-state index in [0.717, 1.165) is 32.1 Å². The highest BCUT2D eigenvalue weighted by molar-refractivity contribution is 5.80. The minimum absolute atomic E-state index is 0.0874. The van der Waals surface area contributed by atoms with Crippen LogP contribution in [-0.2, 0) is 9.53 Å². The van der Waals surface area contributed by atoms with E-state index in [4.69, 9.17) is 4.74 Å². The van der Waals surface area contributed by atoms with Crippen molar-refractivity contribution < 1.29 is 19.4 Å². The number of nitrogens with zero attached hydrogens (tertiary/aromatic N) is 1. The zero-order valence-corrected chi connectivity index (χ0v) is 14.6. The van der Waals surface area contributed by atoms with Crippen molar-refractivity contribution in [3.63, 3.8) is 0 Å². The normalized spacial score (nSPS) is 35.7. The lowest BCUT2D eigenvalue weighted by atomic mass is 9.81. The van der Waals surface area contributed by atoms with Gasteiger partial charge in [-0.05, 0) is 56.8 Å². The molecule has 2 amide bonds. The lowest BCUT2D eigenvalue weighted by Crippen LogP contribution is -2.42. The summed E-state index contributed by atoms with van der Waals surface area (Å²) in [5.74, 6) is 0.0697. The highest BCUT2D eigenvalue weighted by Gasteiger charge is 2.55. The molecule has 1 heterocycles. The van der Waals surface area contributed by atoms with Crippen LogP contribution < -0.4 is 5.32 Å². The Labute approximate surface area is 143 Å². The van der Waals surface area contributed by atoms with Gasteiger partial charge >= 0.3 is 12.0 Å². The van der Waals surface area contributed by atoms with Gasteiger partial charge in [-0.25, -0.2) is 4.79 Å². The number of fused-ring (bicyclic) bond motifs is 1. The van der Waals surface area contributed by atoms with Crippen molar-refractivity contribution in [3.8, 4) is 0 Å². The number of carbonyl (C=O) groups excluding carboxylic acids is 1. The Kier molecular flexibility index (Phi) is 5.33. The van der Waals surface area contributed by atoms with Crippen molar-refractivity contribution in [2.45, 2.75) is 57.5 Å². The Morgan fingerprint density at radius 2 is 2.00 bits per heavy atom. The third-order valence-electron chi connectivity index (χ3n) is 6.54. The quantitative estimate of drug-likeness (QED) is 0.807. The highest BCUT2D eigenvalue weighted by Crippen LogP contribution is 2.48. The zero-order valence-electron chi connectivity index (χ0n) is 14.6. The number of carbonyl (C=O) groups is 2. The monoisotopic (exact) mass is 338 g/mol. The first-order chi connectivity index (χ1) is 11.5. The number of aliphatic carboxylic acids is 1. The summed E-state index contributed by atoms with van der Waals surface area (Å²) < 4.78 is 5.39. The molecule has 136 valence electrons. The molecule has 0 bridgehead atoms. The summed E-state index contributed by atoms with van der Waals surface area (Å²) in [6.45, 7) is 1.65. The number of likely N-dealkylation sites (tertiary alicyclic amines) is 1. The molecule has 6 heteroatoms. The van der Waals surface area contributed by atoms with Gasteiger partial charge in [0.25, 0.3) is 0 Å². The fourth-order valence-corrected chi connectivity index (χ4v) is 4.94. The molecule has 1 aliphatic heterocycles. The summed E-state index contributed by atoms with van der Waals surface area (Å²) in [7, 11) is 1.78. The van der Waals surface area contributed by atoms with Crippen LogP contribution in [0.5, 0.6) is 0 Å². The number of carboxylic acids is 1. The lowest BCUT2D eigenvalue weighted by molar-refractivity contribution is -0.149. The summed E-state index contributed by atoms with van der Waals surface area (Å²) in [6.07, 6.45) is 8.59. The number of hydrogen-bond donors (Lipinski definition) is 2. The minimum Gasteiger partial charge on any atom is -0.481 e. The molecule has 1 saturated heterocycles. The minimum atomic E-state index is -0.727. The number of amides is 2. The largest absolute Gasteiger partial charge is 0.481 e. The van der Waals surface area contributed by atoms with E-state index in [1.54, 1.807) is 12.0 Å². The maximum atomic E-state index is 12.4. The molecular formula is C18H30N2O4. The molecule has 0 spiro atoms. The zero-order chi connectivity index (χ0) is 17.2. The van der Waals surface area contributed by atoms with Crippen LogP contribution in [0.3, 0.4) is 0 Å². The summed E-state index contributed by atoms with van der Waals surface area (Å²) in [5.41, 5.74) is -0.685. The van der Waals surface area contributed by atoms with E-state index in [1.165, 1.54) is 12.8 Å². The summed E-state index contributed by atoms with van der Waals surface area (Å²) in [6, 6.07) is -0.0874. The second-order valence-corrected chi connectivity index (χ2v) is 7.83. The van der Waals surface area contributed by atoms with Crippen molar-refractivity contribution in [2.24, 2.45) is 17.3 Å². The molecule has 6 nitrogen and oxygen atoms in total. The molecule has 0 aromatic heterocycles. The standard InChI is InChI=1S/C18H30N2O4/c1-24-15-6-4-13(5-7-15)8-10-19-17(23)20-11-14-3-2-9-18(14,12-20)16(21)22/h13-15H,2-12H2,1H3,(H,19,23)(H,21,22)/t13?,14-,15?,18+/m0/s1. The van der Waals surface area contributed by atoms with Crippen LogP contribution in [0.15, 0.2) is 0 Å². The third kappa shape index (κ3) is 3.39. The smallest absolute Gasteiger partial charge is 0.317 e. The van der Waals surface area contributed by atoms with Crippen LogP contribution in [0, 0.1) is 17.3 Å². The van der Waals surface area contributed by atoms with Gasteiger partial charge in [0.05, 0.1) is 11.5 Å². The molecule has 24 heavy (non-hydrogen) atoms. The molecule has 0 radical (unpaired) electrons. The summed E-state index contributed by atoms with van der Waals surface area (Å²) >= 11 is 0. The Bertz CT molecular complexity index is 476. The predicted octanol–water partition coefficient (Wildman–Crippen LogP) is 2.48. The third-order valence-corrected chi connectivity index (χ3v) is 6.54. The maximum absolute atomic E-state index is 12.4. The van der Waals surface area contributed by atoms with Crippen LogP contribution in [0.1, 0.15) is 51.4 Å². The number of hydrogen-bond acceptors (Lipinski definition) is 3. The second-order valence-electron chi connectivity index (χ2n) is 7.83. The molecule has 3 fully saturated rings. The van der Waals surface area contributed by atoms with Gasteiger partial charge in [0.15, 0.2) is 0 Å². The number of carboxylic acid groups (broad SMARTS) is 1. The van der Waals surface area contributed by atoms with Crippen molar-refractivity contribution in [2.75, 3.05) is 26.7 Å². The van der Waals surface area contributed by atoms with E-state index in [-0.39, 0.29) is 11.9 Å². The second kappa shape index (κ2) is 7.30. The Hall–Kier alpha value is -1.30. The van der Waals surface area contributed by atoms with Gasteiger partial charge in [-0.3, -0.25) is 4.79 Å². The molecule has 2 atom stereocenters. The van der Waals surface area contributed by atoms with Gasteiger partial charge in [0.1, 0.15) is 0 Å². The number of rotatable bonds is 5. The predicted molar refractivity (Wildman–Crippen MR) is 89.8 cm³/mol. The summed E-state index contributed by atoms with van der Waals surface area (Å²) in [4.78, 5) is 25.8. The SMILES string of the molecule is COC1CCC(CCNC(=O)N2C[C@@H]3CCC[C@@]3(C(=O)O)C2)CC1. The van der Waals surface area contributed by atoms with Crippen molar-refractivity contribution in [1.82, 2.24) is 10.2 Å². The van der Waals surface area contributed by atoms with Crippen LogP contribution >= 0.6 is 0 Å². The fraction of sp³-hybridized carbons (Fsp3) is 0.889. The molecule has 3 aliphatic rings. The fourth-order valence-electron chi connectivity index (χ4n) is 4.94. The number of ether oxygens (including phenoxy) is 1. The maximum Gasteiger partial charge on any atom is 0.317 e. The van der Waals surface area contributed by atoms with Crippen molar-refractivity contribution in [3.05, 3.63) is 0 Å². The lowest BCUT2D eigenvalue weighted by Gasteiger charge is -2.28. The van der Waals surface area contributed by atoms with Crippen LogP contribution in [0.4, 0.5) is 4.79 Å². The molecular weight excluding hydrogens is 308 g/mol. The first kappa shape index (κ1) is 17.5. The highest BCUT2D eigenvalue weighted by atomic mass is 16.5. The van der Waals surface area contributed by atoms with Gasteiger partial charge < -0.3 is 20.1 Å². The van der Waals surface area contributed by atoms with Crippen LogP contribution in [0.25, 0.3) is 0 Å². The first-order valence-corrected chi connectivity index (χ1v) is 9.34. The van der Waals surface area contributed by atoms with E-state index < -0.39 is 11.4 Å². The average molecular weight is 338 g/mol. The molecule has 0 aromatic carbocycles. The van der Waals surface area contributed by atoms with Gasteiger partial charge in [0, 0.05) is 26.7 Å². The van der Waals surface area contributed by atoms with E-state index in [0.29, 0.717) is 38.1 Å². The van der Waals surface area contributed by atoms with Crippen molar-refractivity contribution in [1.29, 1.82) is 0 Å². The van der Waals surface area contributed by atoms with Crippen LogP contribution in [-0.4, -0.2) is 54.9 Å². The van der Waals surface area contributed by atoms with Gasteiger partial charge in [-0.2, -0.15) is 0 Å². The Balaban J connectivity index is 1.41. The van der Waals surface area contributed by atoms with Crippen molar-refractivity contribution >= 4 is 12.0 Å². The number of methoxy groups -OCH3 is 1. The van der Waals surface area contributed by atoms with Gasteiger partial charge in [-0.15, -0.1) is 0 Å². The van der Waals surface area contributed by atoms with Gasteiger partial charge in [0.2, 0.25) is 0 Å². The molecule has 3 rings (SSSR count). The van der Waals surface area contributed by atoms with Crippen LogP contribution in [0.2, 0.25) is 0 Å². The topological polar surface area (TPSA) is 78.9 Å². The summed E-state index contributed by atoms with van der Waals surface area (Å²) in [5, 5.41) is 12.6. The van der Waals surface area contributed by atoms with E-state index in [9.17, 15) is 14.7 Å². The number of urea groups is 1. The molecule has 2 N–H and O–H groups in total.